The molecular weight excluding hydrogens is 513 g/mol. The van der Waals surface area contributed by atoms with E-state index >= 15 is 0 Å². The Morgan fingerprint density at radius 3 is 2.68 bits per heavy atom. The van der Waals surface area contributed by atoms with Crippen molar-refractivity contribution in [3.05, 3.63) is 45.8 Å². The van der Waals surface area contributed by atoms with Gasteiger partial charge in [-0.3, -0.25) is 10.1 Å². The Kier molecular flexibility index (Phi) is 5.29. The first kappa shape index (κ1) is 21.4. The minimum atomic E-state index is -4.71. The number of carbonyl (C=O) groups excluding carboxylic acids is 1. The van der Waals surface area contributed by atoms with Gasteiger partial charge in [-0.05, 0) is 47.1 Å². The fourth-order valence-corrected chi connectivity index (χ4v) is 4.16. The van der Waals surface area contributed by atoms with Crippen molar-refractivity contribution in [2.24, 2.45) is 0 Å². The van der Waals surface area contributed by atoms with Gasteiger partial charge in [-0.2, -0.15) is 27.1 Å². The molecule has 1 N–H and O–H groups in total. The molecule has 0 fully saturated rings. The van der Waals surface area contributed by atoms with Crippen LogP contribution in [0, 0.1) is 6.92 Å². The Morgan fingerprint density at radius 2 is 2.00 bits per heavy atom. The Labute approximate surface area is 182 Å². The summed E-state index contributed by atoms with van der Waals surface area (Å²) < 4.78 is 70.1. The van der Waals surface area contributed by atoms with Crippen molar-refractivity contribution in [3.8, 4) is 5.75 Å². The summed E-state index contributed by atoms with van der Waals surface area (Å²) in [4.78, 5) is 20.8. The maximum Gasteiger partial charge on any atom is 0.433 e. The predicted molar refractivity (Wildman–Crippen MR) is 105 cm³/mol. The van der Waals surface area contributed by atoms with Crippen LogP contribution in [0.1, 0.15) is 21.9 Å². The van der Waals surface area contributed by atoms with Gasteiger partial charge in [0, 0.05) is 5.69 Å². The first-order valence-corrected chi connectivity index (χ1v) is 9.93. The van der Waals surface area contributed by atoms with Crippen LogP contribution in [0.5, 0.6) is 5.75 Å². The molecule has 3 heterocycles. The standard InChI is InChI=1S/C17H9BrF5N5O2S/c1-6-4-10(17(21,22)23)28-13(24-6)11(18)12(27-28)14(29)26-16-25-8-3-2-7(30-15(19)20)5-9(8)31-16/h2-5,15H,1H3,(H,25,26,29). The van der Waals surface area contributed by atoms with Crippen LogP contribution in [0.2, 0.25) is 0 Å². The van der Waals surface area contributed by atoms with E-state index in [2.05, 4.69) is 41.1 Å². The molecule has 0 bridgehead atoms. The normalized spacial score (nSPS) is 12.1. The van der Waals surface area contributed by atoms with Crippen molar-refractivity contribution >= 4 is 54.2 Å². The topological polar surface area (TPSA) is 81.4 Å². The van der Waals surface area contributed by atoms with E-state index in [-0.39, 0.29) is 32.4 Å². The molecule has 31 heavy (non-hydrogen) atoms. The Morgan fingerprint density at radius 1 is 1.26 bits per heavy atom. The van der Waals surface area contributed by atoms with Crippen molar-refractivity contribution in [1.29, 1.82) is 0 Å². The first-order valence-electron chi connectivity index (χ1n) is 8.33. The van der Waals surface area contributed by atoms with Crippen LogP contribution in [0.25, 0.3) is 15.9 Å². The lowest BCUT2D eigenvalue weighted by Crippen LogP contribution is -2.15. The summed E-state index contributed by atoms with van der Waals surface area (Å²) in [5.41, 5.74) is -1.07. The molecule has 1 amide bonds. The monoisotopic (exact) mass is 521 g/mol. The molecule has 7 nitrogen and oxygen atoms in total. The average molecular weight is 522 g/mol. The Bertz CT molecular complexity index is 1320. The molecule has 0 aliphatic carbocycles. The predicted octanol–water partition coefficient (Wildman–Crippen LogP) is 5.28. The van der Waals surface area contributed by atoms with E-state index in [0.717, 1.165) is 17.4 Å². The third kappa shape index (κ3) is 4.17. The summed E-state index contributed by atoms with van der Waals surface area (Å²) in [5, 5.41) is 6.31. The summed E-state index contributed by atoms with van der Waals surface area (Å²) in [6.45, 7) is -1.60. The number of halogens is 6. The molecule has 0 saturated carbocycles. The maximum absolute atomic E-state index is 13.3. The number of carbonyl (C=O) groups is 1. The van der Waals surface area contributed by atoms with Crippen molar-refractivity contribution in [2.45, 2.75) is 19.7 Å². The number of alkyl halides is 5. The molecule has 0 atom stereocenters. The molecule has 0 radical (unpaired) electrons. The van der Waals surface area contributed by atoms with Gasteiger partial charge in [-0.25, -0.2) is 14.5 Å². The van der Waals surface area contributed by atoms with Crippen molar-refractivity contribution < 1.29 is 31.5 Å². The maximum atomic E-state index is 13.3. The van der Waals surface area contributed by atoms with E-state index in [0.29, 0.717) is 14.7 Å². The zero-order valence-corrected chi connectivity index (χ0v) is 17.6. The first-order chi connectivity index (χ1) is 14.5. The highest BCUT2D eigenvalue weighted by Gasteiger charge is 2.36. The highest BCUT2D eigenvalue weighted by Crippen LogP contribution is 2.33. The molecule has 14 heteroatoms. The number of ether oxygens (including phenoxy) is 1. The second-order valence-electron chi connectivity index (χ2n) is 6.16. The van der Waals surface area contributed by atoms with Gasteiger partial charge in [0.25, 0.3) is 5.91 Å². The minimum Gasteiger partial charge on any atom is -0.435 e. The van der Waals surface area contributed by atoms with E-state index in [9.17, 15) is 26.7 Å². The quantitative estimate of drug-likeness (QED) is 0.369. The molecule has 0 spiro atoms. The summed E-state index contributed by atoms with van der Waals surface area (Å²) in [6.07, 6.45) is -4.71. The second-order valence-corrected chi connectivity index (χ2v) is 7.98. The van der Waals surface area contributed by atoms with Crippen LogP contribution in [0.15, 0.2) is 28.7 Å². The highest BCUT2D eigenvalue weighted by atomic mass is 79.9. The lowest BCUT2D eigenvalue weighted by atomic mass is 10.3. The third-order valence-corrected chi connectivity index (χ3v) is 5.64. The van der Waals surface area contributed by atoms with Crippen LogP contribution < -0.4 is 10.1 Å². The van der Waals surface area contributed by atoms with Crippen LogP contribution >= 0.6 is 27.3 Å². The zero-order chi connectivity index (χ0) is 22.5. The van der Waals surface area contributed by atoms with E-state index in [1.54, 1.807) is 0 Å². The summed E-state index contributed by atoms with van der Waals surface area (Å²) >= 11 is 4.06. The van der Waals surface area contributed by atoms with Gasteiger partial charge < -0.3 is 4.74 Å². The van der Waals surface area contributed by atoms with Crippen molar-refractivity contribution in [2.75, 3.05) is 5.32 Å². The van der Waals surface area contributed by atoms with E-state index in [4.69, 9.17) is 0 Å². The molecule has 3 aromatic heterocycles. The summed E-state index contributed by atoms with van der Waals surface area (Å²) in [6, 6.07) is 4.88. The molecule has 4 rings (SSSR count). The van der Waals surface area contributed by atoms with Gasteiger partial charge in [0.1, 0.15) is 11.4 Å². The minimum absolute atomic E-state index is 0.0204. The number of thiazole rings is 1. The van der Waals surface area contributed by atoms with Gasteiger partial charge in [0.05, 0.1) is 14.7 Å². The van der Waals surface area contributed by atoms with E-state index in [1.165, 1.54) is 25.1 Å². The molecule has 0 saturated heterocycles. The molecule has 162 valence electrons. The Balaban J connectivity index is 1.68. The molecule has 0 aliphatic rings. The molecule has 1 aromatic carbocycles. The Hall–Kier alpha value is -2.87. The van der Waals surface area contributed by atoms with Crippen LogP contribution in [0.3, 0.4) is 0 Å². The van der Waals surface area contributed by atoms with Crippen LogP contribution in [-0.2, 0) is 6.18 Å². The van der Waals surface area contributed by atoms with E-state index < -0.39 is 24.4 Å². The van der Waals surface area contributed by atoms with Crippen LogP contribution in [0.4, 0.5) is 27.1 Å². The second kappa shape index (κ2) is 7.67. The number of nitrogens with one attached hydrogen (secondary N) is 1. The number of hydrogen-bond acceptors (Lipinski definition) is 6. The number of amides is 1. The smallest absolute Gasteiger partial charge is 0.433 e. The number of benzene rings is 1. The number of rotatable bonds is 4. The van der Waals surface area contributed by atoms with Crippen molar-refractivity contribution in [1.82, 2.24) is 19.6 Å². The highest BCUT2D eigenvalue weighted by molar-refractivity contribution is 9.10. The average Bonchev–Trinajstić information content (AvgIpc) is 3.20. The van der Waals surface area contributed by atoms with Crippen molar-refractivity contribution in [3.63, 3.8) is 0 Å². The van der Waals surface area contributed by atoms with Gasteiger partial charge in [0.2, 0.25) is 0 Å². The number of aryl methyl sites for hydroxylation is 1. The number of aromatic nitrogens is 4. The summed E-state index contributed by atoms with van der Waals surface area (Å²) in [7, 11) is 0. The lowest BCUT2D eigenvalue weighted by molar-refractivity contribution is -0.142. The largest absolute Gasteiger partial charge is 0.435 e. The van der Waals surface area contributed by atoms with Gasteiger partial charge >= 0.3 is 12.8 Å². The fourth-order valence-electron chi connectivity index (χ4n) is 2.75. The fraction of sp³-hybridized carbons (Fsp3) is 0.176. The molecule has 0 aliphatic heterocycles. The number of hydrogen-bond donors (Lipinski definition) is 1. The lowest BCUT2D eigenvalue weighted by Gasteiger charge is -2.09. The van der Waals surface area contributed by atoms with Gasteiger partial charge in [-0.1, -0.05) is 11.3 Å². The number of nitrogens with zero attached hydrogens (tertiary/aromatic N) is 4. The van der Waals surface area contributed by atoms with Gasteiger partial charge in [0.15, 0.2) is 16.5 Å². The SMILES string of the molecule is Cc1cc(C(F)(F)F)n2nc(C(=O)Nc3nc4ccc(OC(F)F)cc4s3)c(Br)c2n1. The molecule has 0 unspecified atom stereocenters. The number of fused-ring (bicyclic) bond motifs is 2. The van der Waals surface area contributed by atoms with Gasteiger partial charge in [-0.15, -0.1) is 0 Å². The molecule has 4 aromatic rings. The number of anilines is 1. The zero-order valence-electron chi connectivity index (χ0n) is 15.2. The summed E-state index contributed by atoms with van der Waals surface area (Å²) in [5.74, 6) is -0.903. The van der Waals surface area contributed by atoms with Crippen LogP contribution in [-0.4, -0.2) is 32.1 Å². The van der Waals surface area contributed by atoms with E-state index in [1.807, 2.05) is 0 Å². The third-order valence-electron chi connectivity index (χ3n) is 3.97. The molecular formula is C17H9BrF5N5O2S.